The van der Waals surface area contributed by atoms with E-state index in [9.17, 15) is 0 Å². The first-order valence-electron chi connectivity index (χ1n) is 8.17. The molecular formula is C16H26N4O. The van der Waals surface area contributed by atoms with Gasteiger partial charge in [-0.2, -0.15) is 0 Å². The fourth-order valence-corrected chi connectivity index (χ4v) is 2.78. The topological polar surface area (TPSA) is 50.3 Å². The van der Waals surface area contributed by atoms with E-state index in [1.54, 1.807) is 0 Å². The monoisotopic (exact) mass is 290 g/mol. The smallest absolute Gasteiger partial charge is 0.137 e. The van der Waals surface area contributed by atoms with E-state index in [4.69, 9.17) is 14.7 Å². The molecule has 0 bridgehead atoms. The van der Waals surface area contributed by atoms with Gasteiger partial charge in [0.25, 0.3) is 0 Å². The van der Waals surface area contributed by atoms with Crippen molar-refractivity contribution in [1.29, 1.82) is 0 Å². The second kappa shape index (κ2) is 6.18. The first-order chi connectivity index (χ1) is 10.2. The second-order valence-corrected chi connectivity index (χ2v) is 6.20. The third-order valence-corrected chi connectivity index (χ3v) is 4.26. The van der Waals surface area contributed by atoms with Gasteiger partial charge >= 0.3 is 0 Å². The maximum atomic E-state index is 5.56. The minimum atomic E-state index is 0.374. The lowest BCUT2D eigenvalue weighted by molar-refractivity contribution is 0.0984. The highest BCUT2D eigenvalue weighted by molar-refractivity contribution is 5.59. The van der Waals surface area contributed by atoms with Crippen molar-refractivity contribution in [1.82, 2.24) is 9.97 Å². The Labute approximate surface area is 127 Å². The van der Waals surface area contributed by atoms with E-state index in [1.807, 2.05) is 0 Å². The first kappa shape index (κ1) is 14.6. The number of anilines is 2. The summed E-state index contributed by atoms with van der Waals surface area (Å²) in [6, 6.07) is 0.374. The SMILES string of the molecule is CCCNc1nc(C2CC2)nc(N2CCOCC2C)c1C. The largest absolute Gasteiger partial charge is 0.377 e. The van der Waals surface area contributed by atoms with Crippen LogP contribution in [0.5, 0.6) is 0 Å². The fourth-order valence-electron chi connectivity index (χ4n) is 2.78. The highest BCUT2D eigenvalue weighted by atomic mass is 16.5. The Morgan fingerprint density at radius 3 is 2.81 bits per heavy atom. The summed E-state index contributed by atoms with van der Waals surface area (Å²) >= 11 is 0. The number of hydrogen-bond donors (Lipinski definition) is 1. The summed E-state index contributed by atoms with van der Waals surface area (Å²) in [6.07, 6.45) is 3.56. The molecule has 5 nitrogen and oxygen atoms in total. The van der Waals surface area contributed by atoms with E-state index < -0.39 is 0 Å². The van der Waals surface area contributed by atoms with Crippen LogP contribution in [-0.2, 0) is 4.74 Å². The molecule has 1 aromatic rings. The molecular weight excluding hydrogens is 264 g/mol. The van der Waals surface area contributed by atoms with Gasteiger partial charge in [0.2, 0.25) is 0 Å². The van der Waals surface area contributed by atoms with E-state index in [-0.39, 0.29) is 0 Å². The van der Waals surface area contributed by atoms with Crippen molar-refractivity contribution in [2.24, 2.45) is 0 Å². The average molecular weight is 290 g/mol. The number of aromatic nitrogens is 2. The van der Waals surface area contributed by atoms with E-state index >= 15 is 0 Å². The minimum absolute atomic E-state index is 0.374. The van der Waals surface area contributed by atoms with Crippen LogP contribution >= 0.6 is 0 Å². The van der Waals surface area contributed by atoms with Gasteiger partial charge in [0, 0.05) is 24.6 Å². The van der Waals surface area contributed by atoms with Crippen LogP contribution in [0.2, 0.25) is 0 Å². The molecule has 1 saturated heterocycles. The molecule has 1 aromatic heterocycles. The Balaban J connectivity index is 1.94. The maximum Gasteiger partial charge on any atom is 0.137 e. The Hall–Kier alpha value is -1.36. The molecule has 1 unspecified atom stereocenters. The Morgan fingerprint density at radius 2 is 2.14 bits per heavy atom. The number of morpholine rings is 1. The highest BCUT2D eigenvalue weighted by Gasteiger charge is 2.30. The van der Waals surface area contributed by atoms with Crippen molar-refractivity contribution in [2.75, 3.05) is 36.5 Å². The van der Waals surface area contributed by atoms with Gasteiger partial charge in [-0.05, 0) is 33.1 Å². The fraction of sp³-hybridized carbons (Fsp3) is 0.750. The number of nitrogens with one attached hydrogen (secondary N) is 1. The lowest BCUT2D eigenvalue weighted by Gasteiger charge is -2.35. The molecule has 2 fully saturated rings. The van der Waals surface area contributed by atoms with Gasteiger partial charge in [0.1, 0.15) is 17.5 Å². The zero-order valence-corrected chi connectivity index (χ0v) is 13.4. The van der Waals surface area contributed by atoms with Gasteiger partial charge in [0.05, 0.1) is 19.3 Å². The van der Waals surface area contributed by atoms with Crippen LogP contribution < -0.4 is 10.2 Å². The lowest BCUT2D eigenvalue weighted by atomic mass is 10.2. The van der Waals surface area contributed by atoms with Crippen molar-refractivity contribution >= 4 is 11.6 Å². The van der Waals surface area contributed by atoms with Crippen molar-refractivity contribution in [3.8, 4) is 0 Å². The van der Waals surface area contributed by atoms with Crippen molar-refractivity contribution in [2.45, 2.75) is 52.0 Å². The lowest BCUT2D eigenvalue weighted by Crippen LogP contribution is -2.44. The normalized spacial score (nSPS) is 22.4. The van der Waals surface area contributed by atoms with Crippen molar-refractivity contribution in [3.63, 3.8) is 0 Å². The molecule has 1 aliphatic heterocycles. The third-order valence-electron chi connectivity index (χ3n) is 4.26. The van der Waals surface area contributed by atoms with Crippen molar-refractivity contribution < 1.29 is 4.74 Å². The molecule has 0 radical (unpaired) electrons. The van der Waals surface area contributed by atoms with Crippen LogP contribution in [0.15, 0.2) is 0 Å². The predicted octanol–water partition coefficient (Wildman–Crippen LogP) is 2.71. The molecule has 3 rings (SSSR count). The molecule has 2 aliphatic rings. The summed E-state index contributed by atoms with van der Waals surface area (Å²) in [5.74, 6) is 3.71. The van der Waals surface area contributed by atoms with Crippen LogP contribution in [0, 0.1) is 6.92 Å². The summed E-state index contributed by atoms with van der Waals surface area (Å²) in [7, 11) is 0. The van der Waals surface area contributed by atoms with Crippen LogP contribution in [0.25, 0.3) is 0 Å². The molecule has 0 spiro atoms. The minimum Gasteiger partial charge on any atom is -0.377 e. The molecule has 0 amide bonds. The van der Waals surface area contributed by atoms with Crippen molar-refractivity contribution in [3.05, 3.63) is 11.4 Å². The van der Waals surface area contributed by atoms with Gasteiger partial charge in [-0.15, -0.1) is 0 Å². The maximum absolute atomic E-state index is 5.56. The van der Waals surface area contributed by atoms with E-state index in [2.05, 4.69) is 31.0 Å². The summed E-state index contributed by atoms with van der Waals surface area (Å²) in [4.78, 5) is 12.0. The molecule has 21 heavy (non-hydrogen) atoms. The quantitative estimate of drug-likeness (QED) is 0.903. The molecule has 1 saturated carbocycles. The molecule has 1 atom stereocenters. The number of rotatable bonds is 5. The summed E-state index contributed by atoms with van der Waals surface area (Å²) < 4.78 is 5.56. The van der Waals surface area contributed by atoms with Crippen LogP contribution in [0.4, 0.5) is 11.6 Å². The van der Waals surface area contributed by atoms with Gasteiger partial charge in [0.15, 0.2) is 0 Å². The summed E-state index contributed by atoms with van der Waals surface area (Å²) in [5.41, 5.74) is 1.17. The van der Waals surface area contributed by atoms with E-state index in [0.717, 1.165) is 50.2 Å². The standard InChI is InChI=1S/C16H26N4O/c1-4-7-17-14-12(3)16(19-15(18-14)13-5-6-13)20-8-9-21-10-11(20)2/h11,13H,4-10H2,1-3H3,(H,17,18,19). The Bertz CT molecular complexity index is 501. The van der Waals surface area contributed by atoms with Crippen LogP contribution in [0.1, 0.15) is 50.4 Å². The Kier molecular flexibility index (Phi) is 4.29. The highest BCUT2D eigenvalue weighted by Crippen LogP contribution is 2.40. The molecule has 116 valence electrons. The Morgan fingerprint density at radius 1 is 1.33 bits per heavy atom. The first-order valence-corrected chi connectivity index (χ1v) is 8.17. The molecule has 2 heterocycles. The van der Waals surface area contributed by atoms with E-state index in [1.165, 1.54) is 18.4 Å². The van der Waals surface area contributed by atoms with Crippen LogP contribution in [0.3, 0.4) is 0 Å². The number of hydrogen-bond acceptors (Lipinski definition) is 5. The van der Waals surface area contributed by atoms with Gasteiger partial charge in [-0.25, -0.2) is 9.97 Å². The van der Waals surface area contributed by atoms with Crippen LogP contribution in [-0.4, -0.2) is 42.3 Å². The second-order valence-electron chi connectivity index (χ2n) is 6.20. The zero-order chi connectivity index (χ0) is 14.8. The predicted molar refractivity (Wildman–Crippen MR) is 85.2 cm³/mol. The third kappa shape index (κ3) is 3.12. The van der Waals surface area contributed by atoms with Gasteiger partial charge < -0.3 is 15.0 Å². The number of ether oxygens (including phenoxy) is 1. The molecule has 1 N–H and O–H groups in total. The van der Waals surface area contributed by atoms with Gasteiger partial charge in [-0.3, -0.25) is 0 Å². The zero-order valence-electron chi connectivity index (χ0n) is 13.4. The molecule has 0 aromatic carbocycles. The summed E-state index contributed by atoms with van der Waals surface area (Å²) in [5, 5.41) is 3.47. The van der Waals surface area contributed by atoms with E-state index in [0.29, 0.717) is 12.0 Å². The molecule has 1 aliphatic carbocycles. The number of nitrogens with zero attached hydrogens (tertiary/aromatic N) is 3. The molecule has 5 heteroatoms. The summed E-state index contributed by atoms with van der Waals surface area (Å²) in [6.45, 7) is 9.94. The van der Waals surface area contributed by atoms with Gasteiger partial charge in [-0.1, -0.05) is 6.92 Å². The average Bonchev–Trinajstić information content (AvgIpc) is 3.32.